The van der Waals surface area contributed by atoms with Gasteiger partial charge in [0.2, 0.25) is 0 Å². The summed E-state index contributed by atoms with van der Waals surface area (Å²) in [6.45, 7) is 4.26. The largest absolute Gasteiger partial charge is 0.495 e. The van der Waals surface area contributed by atoms with Crippen LogP contribution in [0.2, 0.25) is 5.02 Å². The van der Waals surface area contributed by atoms with Gasteiger partial charge >= 0.3 is 6.03 Å². The summed E-state index contributed by atoms with van der Waals surface area (Å²) < 4.78 is 5.23. The average Bonchev–Trinajstić information content (AvgIpc) is 2.55. The van der Waals surface area contributed by atoms with Gasteiger partial charge < -0.3 is 15.4 Å². The van der Waals surface area contributed by atoms with Crippen molar-refractivity contribution in [2.45, 2.75) is 26.2 Å². The molecule has 0 saturated heterocycles. The van der Waals surface area contributed by atoms with Crippen molar-refractivity contribution in [2.75, 3.05) is 17.7 Å². The lowest BCUT2D eigenvalue weighted by molar-refractivity contribution is 0.262. The van der Waals surface area contributed by atoms with Crippen molar-refractivity contribution in [1.82, 2.24) is 0 Å². The lowest BCUT2D eigenvalue weighted by atomic mass is 9.97. The molecule has 1 unspecified atom stereocenters. The van der Waals surface area contributed by atoms with E-state index < -0.39 is 0 Å². The Kier molecular flexibility index (Phi) is 5.88. The number of hydrogen-bond donors (Lipinski definition) is 2. The number of nitrogens with one attached hydrogen (secondary N) is 2. The Morgan fingerprint density at radius 1 is 1.17 bits per heavy atom. The molecule has 0 bridgehead atoms. The van der Waals surface area contributed by atoms with Gasteiger partial charge in [0.1, 0.15) is 5.75 Å². The van der Waals surface area contributed by atoms with Crippen molar-refractivity contribution < 1.29 is 9.53 Å². The third-order valence-electron chi connectivity index (χ3n) is 3.76. The fourth-order valence-electron chi connectivity index (χ4n) is 2.31. The van der Waals surface area contributed by atoms with Crippen LogP contribution in [0.25, 0.3) is 0 Å². The van der Waals surface area contributed by atoms with Crippen LogP contribution in [0.4, 0.5) is 16.2 Å². The highest BCUT2D eigenvalue weighted by atomic mass is 35.5. The van der Waals surface area contributed by atoms with E-state index in [0.717, 1.165) is 17.7 Å². The molecule has 1 atom stereocenters. The number of methoxy groups -OCH3 is 1. The van der Waals surface area contributed by atoms with E-state index in [2.05, 4.69) is 24.5 Å². The molecule has 2 aromatic carbocycles. The molecule has 0 aromatic heterocycles. The summed E-state index contributed by atoms with van der Waals surface area (Å²) in [4.78, 5) is 12.3. The molecule has 0 fully saturated rings. The molecule has 0 aliphatic carbocycles. The van der Waals surface area contributed by atoms with Gasteiger partial charge in [-0.2, -0.15) is 0 Å². The van der Waals surface area contributed by atoms with Gasteiger partial charge in [-0.1, -0.05) is 43.6 Å². The second-order valence-corrected chi connectivity index (χ2v) is 5.76. The highest BCUT2D eigenvalue weighted by molar-refractivity contribution is 6.31. The van der Waals surface area contributed by atoms with Crippen molar-refractivity contribution in [2.24, 2.45) is 0 Å². The normalized spacial score (nSPS) is 11.7. The Labute approximate surface area is 141 Å². The third-order valence-corrected chi connectivity index (χ3v) is 4.00. The standard InChI is InChI=1S/C18H21ClN2O2/c1-4-12(2)14-7-5-6-8-15(14)20-18(22)21-16-11-13(19)9-10-17(16)23-3/h5-12H,4H2,1-3H3,(H2,20,21,22). The van der Waals surface area contributed by atoms with E-state index in [1.165, 1.54) is 0 Å². The number of para-hydroxylation sites is 1. The van der Waals surface area contributed by atoms with Gasteiger partial charge in [0.15, 0.2) is 0 Å². The van der Waals surface area contributed by atoms with Gasteiger partial charge in [-0.05, 0) is 42.2 Å². The van der Waals surface area contributed by atoms with Crippen LogP contribution < -0.4 is 15.4 Å². The first kappa shape index (κ1) is 17.2. The average molecular weight is 333 g/mol. The van der Waals surface area contributed by atoms with Crippen LogP contribution in [0.5, 0.6) is 5.75 Å². The van der Waals surface area contributed by atoms with Gasteiger partial charge in [0, 0.05) is 10.7 Å². The molecule has 4 nitrogen and oxygen atoms in total. The van der Waals surface area contributed by atoms with E-state index in [1.807, 2.05) is 24.3 Å². The summed E-state index contributed by atoms with van der Waals surface area (Å²) in [5.74, 6) is 0.923. The number of carbonyl (C=O) groups excluding carboxylic acids is 1. The number of rotatable bonds is 5. The molecule has 23 heavy (non-hydrogen) atoms. The molecule has 0 spiro atoms. The Hall–Kier alpha value is -2.20. The molecular formula is C18H21ClN2O2. The maximum Gasteiger partial charge on any atom is 0.323 e. The third kappa shape index (κ3) is 4.39. The first-order valence-corrected chi connectivity index (χ1v) is 7.93. The molecule has 2 N–H and O–H groups in total. The van der Waals surface area contributed by atoms with Gasteiger partial charge in [-0.15, -0.1) is 0 Å². The Balaban J connectivity index is 2.16. The van der Waals surface area contributed by atoms with Crippen molar-refractivity contribution in [3.63, 3.8) is 0 Å². The first-order chi connectivity index (χ1) is 11.0. The summed E-state index contributed by atoms with van der Waals surface area (Å²) in [7, 11) is 1.55. The van der Waals surface area contributed by atoms with E-state index in [0.29, 0.717) is 22.4 Å². The Morgan fingerprint density at radius 2 is 1.87 bits per heavy atom. The number of amides is 2. The molecule has 0 aliphatic heterocycles. The van der Waals surface area contributed by atoms with E-state index >= 15 is 0 Å². The number of benzene rings is 2. The second-order valence-electron chi connectivity index (χ2n) is 5.32. The van der Waals surface area contributed by atoms with Crippen LogP contribution in [-0.2, 0) is 0 Å². The summed E-state index contributed by atoms with van der Waals surface area (Å²) in [5.41, 5.74) is 2.45. The molecule has 2 rings (SSSR count). The Bertz CT molecular complexity index is 688. The number of hydrogen-bond acceptors (Lipinski definition) is 2. The predicted octanol–water partition coefficient (Wildman–Crippen LogP) is 5.51. The van der Waals surface area contributed by atoms with E-state index in [-0.39, 0.29) is 6.03 Å². The van der Waals surface area contributed by atoms with Gasteiger partial charge in [-0.25, -0.2) is 4.79 Å². The van der Waals surface area contributed by atoms with E-state index in [4.69, 9.17) is 16.3 Å². The zero-order chi connectivity index (χ0) is 16.8. The van der Waals surface area contributed by atoms with Gasteiger partial charge in [-0.3, -0.25) is 0 Å². The quantitative estimate of drug-likeness (QED) is 0.758. The van der Waals surface area contributed by atoms with Crippen molar-refractivity contribution in [1.29, 1.82) is 0 Å². The SMILES string of the molecule is CCC(C)c1ccccc1NC(=O)Nc1cc(Cl)ccc1OC. The molecule has 122 valence electrons. The monoisotopic (exact) mass is 332 g/mol. The lowest BCUT2D eigenvalue weighted by Crippen LogP contribution is -2.21. The zero-order valence-electron chi connectivity index (χ0n) is 13.5. The Morgan fingerprint density at radius 3 is 2.57 bits per heavy atom. The maximum atomic E-state index is 12.3. The molecule has 5 heteroatoms. The smallest absolute Gasteiger partial charge is 0.323 e. The van der Waals surface area contributed by atoms with Gasteiger partial charge in [0.25, 0.3) is 0 Å². The van der Waals surface area contributed by atoms with Crippen molar-refractivity contribution in [3.8, 4) is 5.75 Å². The molecule has 0 saturated carbocycles. The van der Waals surface area contributed by atoms with Crippen LogP contribution in [-0.4, -0.2) is 13.1 Å². The summed E-state index contributed by atoms with van der Waals surface area (Å²) in [6, 6.07) is 12.6. The zero-order valence-corrected chi connectivity index (χ0v) is 14.3. The molecule has 0 heterocycles. The van der Waals surface area contributed by atoms with Crippen molar-refractivity contribution >= 4 is 29.0 Å². The van der Waals surface area contributed by atoms with Gasteiger partial charge in [0.05, 0.1) is 12.8 Å². The van der Waals surface area contributed by atoms with Crippen LogP contribution >= 0.6 is 11.6 Å². The predicted molar refractivity (Wildman–Crippen MR) is 95.8 cm³/mol. The summed E-state index contributed by atoms with van der Waals surface area (Å²) in [5, 5.41) is 6.20. The topological polar surface area (TPSA) is 50.4 Å². The lowest BCUT2D eigenvalue weighted by Gasteiger charge is -2.16. The summed E-state index contributed by atoms with van der Waals surface area (Å²) >= 11 is 5.98. The van der Waals surface area contributed by atoms with Crippen molar-refractivity contribution in [3.05, 3.63) is 53.1 Å². The molecule has 0 radical (unpaired) electrons. The van der Waals surface area contributed by atoms with Crippen LogP contribution in [0.15, 0.2) is 42.5 Å². The minimum atomic E-state index is -0.332. The van der Waals surface area contributed by atoms with E-state index in [9.17, 15) is 4.79 Å². The summed E-state index contributed by atoms with van der Waals surface area (Å²) in [6.07, 6.45) is 1.00. The number of ether oxygens (including phenoxy) is 1. The number of halogens is 1. The maximum absolute atomic E-state index is 12.3. The molecule has 2 amide bonds. The number of anilines is 2. The number of urea groups is 1. The molecule has 0 aliphatic rings. The highest BCUT2D eigenvalue weighted by Crippen LogP contribution is 2.29. The minimum Gasteiger partial charge on any atom is -0.495 e. The fourth-order valence-corrected chi connectivity index (χ4v) is 2.49. The fraction of sp³-hybridized carbons (Fsp3) is 0.278. The molecular weight excluding hydrogens is 312 g/mol. The van der Waals surface area contributed by atoms with Crippen LogP contribution in [0, 0.1) is 0 Å². The van der Waals surface area contributed by atoms with Crippen LogP contribution in [0.3, 0.4) is 0 Å². The minimum absolute atomic E-state index is 0.332. The highest BCUT2D eigenvalue weighted by Gasteiger charge is 2.12. The van der Waals surface area contributed by atoms with E-state index in [1.54, 1.807) is 25.3 Å². The van der Waals surface area contributed by atoms with Crippen LogP contribution in [0.1, 0.15) is 31.7 Å². The second kappa shape index (κ2) is 7.88. The first-order valence-electron chi connectivity index (χ1n) is 7.55. The molecule has 2 aromatic rings. The number of carbonyl (C=O) groups is 1.